The topological polar surface area (TPSA) is 37.4 Å². The number of fused-ring (bicyclic) bond motifs is 1. The van der Waals surface area contributed by atoms with Gasteiger partial charge in [0.1, 0.15) is 0 Å². The van der Waals surface area contributed by atoms with Gasteiger partial charge in [-0.1, -0.05) is 30.7 Å². The number of nitrogens with zero attached hydrogens (tertiary/aromatic N) is 1. The molecule has 0 aromatic heterocycles. The number of hydrogen-bond acceptors (Lipinski definition) is 2. The van der Waals surface area contributed by atoms with Gasteiger partial charge in [0.05, 0.1) is 17.2 Å². The minimum absolute atomic E-state index is 0.151. The van der Waals surface area contributed by atoms with Gasteiger partial charge in [-0.15, -0.1) is 0 Å². The number of carbonyl (C=O) groups excluding carboxylic acids is 2. The van der Waals surface area contributed by atoms with Crippen LogP contribution >= 0.6 is 0 Å². The molecule has 1 aliphatic heterocycles. The van der Waals surface area contributed by atoms with Crippen LogP contribution < -0.4 is 0 Å². The number of imide groups is 1. The molecule has 1 heterocycles. The Morgan fingerprint density at radius 3 is 2.06 bits per heavy atom. The van der Waals surface area contributed by atoms with Gasteiger partial charge in [0.2, 0.25) is 0 Å². The van der Waals surface area contributed by atoms with E-state index in [4.69, 9.17) is 0 Å². The summed E-state index contributed by atoms with van der Waals surface area (Å²) >= 11 is 0. The van der Waals surface area contributed by atoms with Gasteiger partial charge >= 0.3 is 0 Å². The van der Waals surface area contributed by atoms with Gasteiger partial charge in [0.15, 0.2) is 0 Å². The largest absolute Gasteiger partial charge is 0.269 e. The highest BCUT2D eigenvalue weighted by Crippen LogP contribution is 2.26. The summed E-state index contributed by atoms with van der Waals surface area (Å²) in [5, 5.41) is 0. The molecule has 0 aliphatic carbocycles. The molecule has 3 heteroatoms. The molecule has 2 amide bonds. The second-order valence-electron chi connectivity index (χ2n) is 4.75. The Morgan fingerprint density at radius 1 is 1.17 bits per heavy atom. The van der Waals surface area contributed by atoms with Crippen molar-refractivity contribution in [2.24, 2.45) is 0 Å². The van der Waals surface area contributed by atoms with Crippen molar-refractivity contribution in [3.63, 3.8) is 0 Å². The van der Waals surface area contributed by atoms with E-state index < -0.39 is 0 Å². The van der Waals surface area contributed by atoms with Crippen LogP contribution in [0.4, 0.5) is 0 Å². The Hall–Kier alpha value is -1.90. The van der Waals surface area contributed by atoms with Crippen molar-refractivity contribution in [1.82, 2.24) is 4.90 Å². The van der Waals surface area contributed by atoms with E-state index in [-0.39, 0.29) is 17.9 Å². The predicted octanol–water partition coefficient (Wildman–Crippen LogP) is 3.03. The molecule has 0 bridgehead atoms. The normalized spacial score (nSPS) is 15.6. The van der Waals surface area contributed by atoms with E-state index >= 15 is 0 Å². The molecule has 0 unspecified atom stereocenters. The van der Waals surface area contributed by atoms with Crippen LogP contribution in [0.1, 0.15) is 47.9 Å². The maximum Gasteiger partial charge on any atom is 0.262 e. The number of allylic oxidation sites excluding steroid dienone is 1. The lowest BCUT2D eigenvalue weighted by atomic mass is 10.1. The third-order valence-corrected chi connectivity index (χ3v) is 3.10. The molecule has 0 spiro atoms. The van der Waals surface area contributed by atoms with Gasteiger partial charge in [0.25, 0.3) is 11.8 Å². The van der Waals surface area contributed by atoms with Gasteiger partial charge < -0.3 is 0 Å². The lowest BCUT2D eigenvalue weighted by Crippen LogP contribution is -2.38. The molecule has 2 rings (SSSR count). The molecule has 0 radical (unpaired) electrons. The Balaban J connectivity index is 2.41. The van der Waals surface area contributed by atoms with E-state index in [1.54, 1.807) is 24.3 Å². The van der Waals surface area contributed by atoms with Gasteiger partial charge in [-0.2, -0.15) is 0 Å². The number of amides is 2. The Bertz CT molecular complexity index is 492. The zero-order chi connectivity index (χ0) is 13.3. The summed E-state index contributed by atoms with van der Waals surface area (Å²) < 4.78 is 0. The molecule has 0 saturated heterocycles. The molecule has 3 nitrogen and oxygen atoms in total. The fraction of sp³-hybridized carbons (Fsp3) is 0.333. The van der Waals surface area contributed by atoms with Crippen molar-refractivity contribution in [3.05, 3.63) is 47.0 Å². The zero-order valence-electron chi connectivity index (χ0n) is 10.9. The molecule has 0 fully saturated rings. The Labute approximate surface area is 107 Å². The number of benzene rings is 1. The Kier molecular flexibility index (Phi) is 3.32. The second kappa shape index (κ2) is 4.77. The highest BCUT2D eigenvalue weighted by molar-refractivity contribution is 6.21. The molecule has 1 aromatic rings. The summed E-state index contributed by atoms with van der Waals surface area (Å²) in [5.74, 6) is -0.361. The summed E-state index contributed by atoms with van der Waals surface area (Å²) in [6, 6.07) is 6.85. The van der Waals surface area contributed by atoms with Gasteiger partial charge in [0, 0.05) is 0 Å². The summed E-state index contributed by atoms with van der Waals surface area (Å²) in [6.45, 7) is 5.93. The summed E-state index contributed by atoms with van der Waals surface area (Å²) in [6.07, 6.45) is 2.71. The third-order valence-electron chi connectivity index (χ3n) is 3.10. The average molecular weight is 243 g/mol. The number of rotatable bonds is 3. The molecular weight excluding hydrogens is 226 g/mol. The fourth-order valence-electron chi connectivity index (χ4n) is 2.27. The average Bonchev–Trinajstić information content (AvgIpc) is 2.60. The van der Waals surface area contributed by atoms with E-state index in [2.05, 4.69) is 0 Å². The smallest absolute Gasteiger partial charge is 0.262 e. The molecule has 0 N–H and O–H groups in total. The summed E-state index contributed by atoms with van der Waals surface area (Å²) in [4.78, 5) is 25.9. The maximum atomic E-state index is 12.3. The molecule has 94 valence electrons. The van der Waals surface area contributed by atoms with Crippen molar-refractivity contribution >= 4 is 11.8 Å². The van der Waals surface area contributed by atoms with E-state index in [0.717, 1.165) is 12.0 Å². The minimum atomic E-state index is -0.181. The number of hydrogen-bond donors (Lipinski definition) is 0. The zero-order valence-corrected chi connectivity index (χ0v) is 10.9. The lowest BCUT2D eigenvalue weighted by Gasteiger charge is -2.22. The Morgan fingerprint density at radius 2 is 1.67 bits per heavy atom. The molecule has 1 aliphatic rings. The first kappa shape index (κ1) is 12.6. The van der Waals surface area contributed by atoms with Crippen LogP contribution in [0, 0.1) is 0 Å². The molecule has 1 atom stereocenters. The fourth-order valence-corrected chi connectivity index (χ4v) is 2.27. The van der Waals surface area contributed by atoms with Crippen molar-refractivity contribution < 1.29 is 9.59 Å². The lowest BCUT2D eigenvalue weighted by molar-refractivity contribution is 0.0612. The summed E-state index contributed by atoms with van der Waals surface area (Å²) in [5.41, 5.74) is 2.14. The van der Waals surface area contributed by atoms with Crippen LogP contribution in [-0.2, 0) is 0 Å². The minimum Gasteiger partial charge on any atom is -0.269 e. The standard InChI is InChI=1S/C15H17NO2/c1-4-11(9-10(2)3)16-14(17)12-7-5-6-8-13(12)15(16)18/h5-9,11H,4H2,1-3H3/t11-/m1/s1. The van der Waals surface area contributed by atoms with E-state index in [0.29, 0.717) is 11.1 Å². The third kappa shape index (κ3) is 1.96. The quantitative estimate of drug-likeness (QED) is 0.604. The highest BCUT2D eigenvalue weighted by atomic mass is 16.2. The van der Waals surface area contributed by atoms with Crippen LogP contribution in [0.15, 0.2) is 35.9 Å². The first-order valence-corrected chi connectivity index (χ1v) is 6.18. The van der Waals surface area contributed by atoms with E-state index in [1.807, 2.05) is 26.8 Å². The highest BCUT2D eigenvalue weighted by Gasteiger charge is 2.38. The van der Waals surface area contributed by atoms with E-state index in [1.165, 1.54) is 4.90 Å². The second-order valence-corrected chi connectivity index (χ2v) is 4.75. The predicted molar refractivity (Wildman–Crippen MR) is 70.5 cm³/mol. The van der Waals surface area contributed by atoms with Crippen LogP contribution in [-0.4, -0.2) is 22.8 Å². The van der Waals surface area contributed by atoms with Crippen LogP contribution in [0.3, 0.4) is 0 Å². The first-order valence-electron chi connectivity index (χ1n) is 6.18. The van der Waals surface area contributed by atoms with Crippen molar-refractivity contribution in [2.45, 2.75) is 33.2 Å². The molecule has 1 aromatic carbocycles. The van der Waals surface area contributed by atoms with Crippen molar-refractivity contribution in [2.75, 3.05) is 0 Å². The monoisotopic (exact) mass is 243 g/mol. The number of carbonyl (C=O) groups is 2. The van der Waals surface area contributed by atoms with Crippen molar-refractivity contribution in [1.29, 1.82) is 0 Å². The van der Waals surface area contributed by atoms with Crippen LogP contribution in [0.25, 0.3) is 0 Å². The van der Waals surface area contributed by atoms with E-state index in [9.17, 15) is 9.59 Å². The molecule has 18 heavy (non-hydrogen) atoms. The van der Waals surface area contributed by atoms with Gasteiger partial charge in [-0.05, 0) is 32.4 Å². The van der Waals surface area contributed by atoms with Crippen molar-refractivity contribution in [3.8, 4) is 0 Å². The van der Waals surface area contributed by atoms with Crippen LogP contribution in [0.5, 0.6) is 0 Å². The first-order chi connectivity index (χ1) is 8.56. The SMILES string of the molecule is CC[C@H](C=C(C)C)N1C(=O)c2ccccc2C1=O. The molecular formula is C15H17NO2. The van der Waals surface area contributed by atoms with Gasteiger partial charge in [-0.25, -0.2) is 0 Å². The van der Waals surface area contributed by atoms with Gasteiger partial charge in [-0.3, -0.25) is 14.5 Å². The summed E-state index contributed by atoms with van der Waals surface area (Å²) in [7, 11) is 0. The maximum absolute atomic E-state index is 12.3. The molecule has 0 saturated carbocycles. The van der Waals surface area contributed by atoms with Crippen LogP contribution in [0.2, 0.25) is 0 Å².